The van der Waals surface area contributed by atoms with Gasteiger partial charge in [-0.25, -0.2) is 0 Å². The average molecular weight is 325 g/mol. The Hall–Kier alpha value is -1.69. The zero-order valence-corrected chi connectivity index (χ0v) is 11.9. The van der Waals surface area contributed by atoms with Gasteiger partial charge in [-0.15, -0.1) is 0 Å². The van der Waals surface area contributed by atoms with Gasteiger partial charge in [0.15, 0.2) is 0 Å². The quantitative estimate of drug-likeness (QED) is 0.668. The third-order valence-corrected chi connectivity index (χ3v) is 3.70. The van der Waals surface area contributed by atoms with Gasteiger partial charge in [-0.05, 0) is 17.7 Å². The molecule has 0 aliphatic carbocycles. The first-order chi connectivity index (χ1) is 9.02. The monoisotopic (exact) mass is 324 g/mol. The van der Waals surface area contributed by atoms with Crippen LogP contribution in [0.4, 0.5) is 0 Å². The van der Waals surface area contributed by atoms with Crippen LogP contribution in [-0.2, 0) is 14.9 Å². The van der Waals surface area contributed by atoms with Crippen molar-refractivity contribution in [2.24, 2.45) is 0 Å². The van der Waals surface area contributed by atoms with Crippen LogP contribution in [0.15, 0.2) is 24.3 Å². The second-order valence-corrected chi connectivity index (χ2v) is 4.91. The third-order valence-electron chi connectivity index (χ3n) is 3.06. The minimum atomic E-state index is -0.749. The first kappa shape index (κ1) is 13.7. The molecule has 0 saturated carbocycles. The van der Waals surface area contributed by atoms with E-state index >= 15 is 0 Å². The lowest BCUT2D eigenvalue weighted by Gasteiger charge is -2.11. The zero-order valence-electron chi connectivity index (χ0n) is 10.4. The molecule has 1 aliphatic rings. The fourth-order valence-electron chi connectivity index (χ4n) is 1.86. The van der Waals surface area contributed by atoms with Crippen molar-refractivity contribution >= 4 is 33.7 Å². The lowest BCUT2D eigenvalue weighted by atomic mass is 10.1. The molecule has 1 aromatic carbocycles. The molecule has 1 saturated heterocycles. The molecule has 100 valence electrons. The van der Waals surface area contributed by atoms with E-state index < -0.39 is 6.04 Å². The molecule has 19 heavy (non-hydrogen) atoms. The summed E-state index contributed by atoms with van der Waals surface area (Å²) in [6.45, 7) is 0. The summed E-state index contributed by atoms with van der Waals surface area (Å²) in [5, 5.41) is 3.30. The Bertz CT molecular complexity index is 527. The van der Waals surface area contributed by atoms with Crippen molar-refractivity contribution in [3.05, 3.63) is 35.4 Å². The van der Waals surface area contributed by atoms with Crippen LogP contribution < -0.4 is 5.32 Å². The van der Waals surface area contributed by atoms with Gasteiger partial charge in [0.05, 0.1) is 6.42 Å². The van der Waals surface area contributed by atoms with E-state index in [1.54, 1.807) is 12.1 Å². The molecule has 1 aliphatic heterocycles. The third kappa shape index (κ3) is 2.84. The first-order valence-electron chi connectivity index (χ1n) is 5.79. The summed E-state index contributed by atoms with van der Waals surface area (Å²) >= 11 is 3.32. The molecule has 1 unspecified atom stereocenters. The van der Waals surface area contributed by atoms with Crippen molar-refractivity contribution < 1.29 is 14.4 Å². The number of nitrogens with zero attached hydrogens (tertiary/aromatic N) is 1. The number of nitrogens with one attached hydrogen (secondary N) is 1. The summed E-state index contributed by atoms with van der Waals surface area (Å²) < 4.78 is 0. The minimum Gasteiger partial charge on any atom is -0.340 e. The summed E-state index contributed by atoms with van der Waals surface area (Å²) in [5.74, 6) is -0.983. The maximum absolute atomic E-state index is 12.0. The summed E-state index contributed by atoms with van der Waals surface area (Å²) in [6.07, 6.45) is 0.0283. The average Bonchev–Trinajstić information content (AvgIpc) is 2.66. The molecule has 2 rings (SSSR count). The second kappa shape index (κ2) is 5.52. The van der Waals surface area contributed by atoms with E-state index in [9.17, 15) is 14.4 Å². The van der Waals surface area contributed by atoms with E-state index in [1.807, 2.05) is 12.1 Å². The number of carbonyl (C=O) groups excluding carboxylic acids is 3. The number of alkyl halides is 1. The molecular formula is C13H13BrN2O3. The molecule has 0 spiro atoms. The van der Waals surface area contributed by atoms with Crippen LogP contribution in [-0.4, -0.2) is 35.7 Å². The van der Waals surface area contributed by atoms with Gasteiger partial charge in [-0.3, -0.25) is 19.3 Å². The Morgan fingerprint density at radius 3 is 2.47 bits per heavy atom. The largest absolute Gasteiger partial charge is 0.340 e. The molecule has 1 aromatic rings. The SMILES string of the molecule is CN1C(=O)CC(NC(=O)c2ccc(CBr)cc2)C1=O. The number of carbonyl (C=O) groups is 3. The lowest BCUT2D eigenvalue weighted by Crippen LogP contribution is -2.40. The lowest BCUT2D eigenvalue weighted by molar-refractivity contribution is -0.137. The van der Waals surface area contributed by atoms with E-state index in [2.05, 4.69) is 21.2 Å². The number of likely N-dealkylation sites (N-methyl/N-ethyl adjacent to an activating group) is 1. The number of rotatable bonds is 3. The Morgan fingerprint density at radius 2 is 2.00 bits per heavy atom. The molecular weight excluding hydrogens is 312 g/mol. The van der Waals surface area contributed by atoms with Crippen molar-refractivity contribution in [3.63, 3.8) is 0 Å². The van der Waals surface area contributed by atoms with Gasteiger partial charge in [0.2, 0.25) is 5.91 Å². The molecule has 0 bridgehead atoms. The van der Waals surface area contributed by atoms with Crippen LogP contribution in [0.25, 0.3) is 0 Å². The normalized spacial score (nSPS) is 18.8. The van der Waals surface area contributed by atoms with Crippen LogP contribution in [0, 0.1) is 0 Å². The van der Waals surface area contributed by atoms with E-state index in [0.717, 1.165) is 15.8 Å². The van der Waals surface area contributed by atoms with E-state index in [1.165, 1.54) is 7.05 Å². The summed E-state index contributed by atoms with van der Waals surface area (Å²) in [4.78, 5) is 36.0. The maximum Gasteiger partial charge on any atom is 0.252 e. The minimum absolute atomic E-state index is 0.0283. The van der Waals surface area contributed by atoms with Crippen molar-refractivity contribution in [2.45, 2.75) is 17.8 Å². The van der Waals surface area contributed by atoms with Crippen LogP contribution >= 0.6 is 15.9 Å². The molecule has 1 heterocycles. The summed E-state index contributed by atoms with van der Waals surface area (Å²) in [7, 11) is 1.42. The standard InChI is InChI=1S/C13H13BrN2O3/c1-16-11(17)6-10(13(16)19)15-12(18)9-4-2-8(7-14)3-5-9/h2-5,10H,6-7H2,1H3,(H,15,18). The number of imide groups is 1. The number of amides is 3. The molecule has 1 atom stereocenters. The van der Waals surface area contributed by atoms with Crippen molar-refractivity contribution in [1.82, 2.24) is 10.2 Å². The molecule has 0 radical (unpaired) electrons. The Morgan fingerprint density at radius 1 is 1.37 bits per heavy atom. The van der Waals surface area contributed by atoms with Crippen LogP contribution in [0.3, 0.4) is 0 Å². The highest BCUT2D eigenvalue weighted by Gasteiger charge is 2.36. The fourth-order valence-corrected chi connectivity index (χ4v) is 2.23. The molecule has 0 aromatic heterocycles. The molecule has 5 nitrogen and oxygen atoms in total. The Balaban J connectivity index is 2.05. The Kier molecular flexibility index (Phi) is 3.99. The van der Waals surface area contributed by atoms with Gasteiger partial charge < -0.3 is 5.32 Å². The van der Waals surface area contributed by atoms with Crippen LogP contribution in [0.2, 0.25) is 0 Å². The fraction of sp³-hybridized carbons (Fsp3) is 0.308. The maximum atomic E-state index is 12.0. The zero-order chi connectivity index (χ0) is 14.0. The number of benzene rings is 1. The molecule has 1 fully saturated rings. The highest BCUT2D eigenvalue weighted by molar-refractivity contribution is 9.08. The number of hydrogen-bond donors (Lipinski definition) is 1. The van der Waals surface area contributed by atoms with Crippen molar-refractivity contribution in [3.8, 4) is 0 Å². The highest BCUT2D eigenvalue weighted by Crippen LogP contribution is 2.12. The first-order valence-corrected chi connectivity index (χ1v) is 6.91. The van der Waals surface area contributed by atoms with Crippen LogP contribution in [0.1, 0.15) is 22.3 Å². The van der Waals surface area contributed by atoms with Gasteiger partial charge in [0, 0.05) is 17.9 Å². The smallest absolute Gasteiger partial charge is 0.252 e. The summed E-state index contributed by atoms with van der Waals surface area (Å²) in [6, 6.07) is 6.30. The highest BCUT2D eigenvalue weighted by atomic mass is 79.9. The molecule has 1 N–H and O–H groups in total. The number of hydrogen-bond acceptors (Lipinski definition) is 3. The van der Waals surface area contributed by atoms with Gasteiger partial charge in [0.25, 0.3) is 11.8 Å². The second-order valence-electron chi connectivity index (χ2n) is 4.35. The van der Waals surface area contributed by atoms with Gasteiger partial charge >= 0.3 is 0 Å². The van der Waals surface area contributed by atoms with E-state index in [-0.39, 0.29) is 24.1 Å². The summed E-state index contributed by atoms with van der Waals surface area (Å²) in [5.41, 5.74) is 1.53. The topological polar surface area (TPSA) is 66.5 Å². The van der Waals surface area contributed by atoms with Crippen LogP contribution in [0.5, 0.6) is 0 Å². The van der Waals surface area contributed by atoms with Gasteiger partial charge in [0.1, 0.15) is 6.04 Å². The van der Waals surface area contributed by atoms with Crippen molar-refractivity contribution in [1.29, 1.82) is 0 Å². The van der Waals surface area contributed by atoms with Gasteiger partial charge in [-0.1, -0.05) is 28.1 Å². The number of likely N-dealkylation sites (tertiary alicyclic amines) is 1. The van der Waals surface area contributed by atoms with Crippen molar-refractivity contribution in [2.75, 3.05) is 7.05 Å². The predicted octanol–water partition coefficient (Wildman–Crippen LogP) is 1.07. The molecule has 3 amide bonds. The predicted molar refractivity (Wildman–Crippen MR) is 72.7 cm³/mol. The number of halogens is 1. The van der Waals surface area contributed by atoms with E-state index in [4.69, 9.17) is 0 Å². The van der Waals surface area contributed by atoms with E-state index in [0.29, 0.717) is 5.56 Å². The Labute approximate surface area is 119 Å². The molecule has 6 heteroatoms. The van der Waals surface area contributed by atoms with Gasteiger partial charge in [-0.2, -0.15) is 0 Å².